The Morgan fingerprint density at radius 3 is 2.53 bits per heavy atom. The Hall–Kier alpha value is -0.890. The zero-order valence-corrected chi connectivity index (χ0v) is 10.8. The summed E-state index contributed by atoms with van der Waals surface area (Å²) >= 11 is 0. The maximum atomic E-state index is 13.0. The van der Waals surface area contributed by atoms with Gasteiger partial charge in [0.05, 0.1) is 0 Å². The van der Waals surface area contributed by atoms with Gasteiger partial charge in [-0.25, -0.2) is 4.39 Å². The van der Waals surface area contributed by atoms with Crippen LogP contribution >= 0.6 is 0 Å². The third-order valence-corrected chi connectivity index (χ3v) is 4.25. The third kappa shape index (κ3) is 2.37. The zero-order chi connectivity index (χ0) is 12.3. The Bertz CT molecular complexity index is 360. The Morgan fingerprint density at radius 2 is 2.06 bits per heavy atom. The monoisotopic (exact) mass is 235 g/mol. The first-order chi connectivity index (χ1) is 8.19. The maximum Gasteiger partial charge on any atom is 0.123 e. The highest BCUT2D eigenvalue weighted by Crippen LogP contribution is 2.48. The molecule has 0 aliphatic heterocycles. The minimum absolute atomic E-state index is 0.141. The van der Waals surface area contributed by atoms with Crippen molar-refractivity contribution in [1.29, 1.82) is 0 Å². The lowest BCUT2D eigenvalue weighted by Gasteiger charge is -2.49. The van der Waals surface area contributed by atoms with E-state index in [4.69, 9.17) is 0 Å². The van der Waals surface area contributed by atoms with E-state index in [9.17, 15) is 4.39 Å². The van der Waals surface area contributed by atoms with Crippen LogP contribution in [0.2, 0.25) is 0 Å². The van der Waals surface area contributed by atoms with E-state index in [1.165, 1.54) is 18.4 Å². The van der Waals surface area contributed by atoms with Gasteiger partial charge in [-0.2, -0.15) is 0 Å². The third-order valence-electron chi connectivity index (χ3n) is 4.25. The molecule has 0 aromatic heterocycles. The number of benzene rings is 1. The lowest BCUT2D eigenvalue weighted by atomic mass is 9.57. The summed E-state index contributed by atoms with van der Waals surface area (Å²) in [5.74, 6) is 0.551. The molecule has 0 radical (unpaired) electrons. The molecular formula is C15H22FN. The van der Waals surface area contributed by atoms with Crippen molar-refractivity contribution in [2.24, 2.45) is 5.92 Å². The predicted octanol–water partition coefficient (Wildman–Crippen LogP) is 3.49. The molecular weight excluding hydrogens is 213 g/mol. The van der Waals surface area contributed by atoms with Crippen molar-refractivity contribution in [2.45, 2.75) is 38.5 Å². The molecule has 2 rings (SSSR count). The Labute approximate surface area is 103 Å². The molecule has 1 nitrogen and oxygen atoms in total. The molecule has 2 heteroatoms. The van der Waals surface area contributed by atoms with Crippen molar-refractivity contribution < 1.29 is 4.39 Å². The first-order valence-electron chi connectivity index (χ1n) is 6.66. The van der Waals surface area contributed by atoms with Gasteiger partial charge in [0.2, 0.25) is 0 Å². The Morgan fingerprint density at radius 1 is 1.35 bits per heavy atom. The van der Waals surface area contributed by atoms with Gasteiger partial charge in [0.1, 0.15) is 5.82 Å². The van der Waals surface area contributed by atoms with Gasteiger partial charge >= 0.3 is 0 Å². The largest absolute Gasteiger partial charge is 0.316 e. The van der Waals surface area contributed by atoms with Gasteiger partial charge in [0, 0.05) is 12.0 Å². The molecule has 17 heavy (non-hydrogen) atoms. The highest BCUT2D eigenvalue weighted by Gasteiger charge is 2.44. The average molecular weight is 235 g/mol. The molecule has 1 aromatic rings. The molecule has 94 valence electrons. The van der Waals surface area contributed by atoms with Crippen molar-refractivity contribution in [3.63, 3.8) is 0 Å². The molecule has 2 unspecified atom stereocenters. The average Bonchev–Trinajstić information content (AvgIpc) is 2.34. The fourth-order valence-electron chi connectivity index (χ4n) is 2.85. The molecule has 0 heterocycles. The first-order valence-corrected chi connectivity index (χ1v) is 6.66. The second kappa shape index (κ2) is 5.18. The molecule has 0 spiro atoms. The van der Waals surface area contributed by atoms with Crippen LogP contribution in [0.15, 0.2) is 24.3 Å². The molecule has 2 atom stereocenters. The van der Waals surface area contributed by atoms with Gasteiger partial charge < -0.3 is 5.32 Å². The summed E-state index contributed by atoms with van der Waals surface area (Å²) in [5, 5.41) is 3.53. The van der Waals surface area contributed by atoms with Crippen molar-refractivity contribution in [3.05, 3.63) is 35.6 Å². The van der Waals surface area contributed by atoms with E-state index >= 15 is 0 Å². The number of halogens is 1. The number of hydrogen-bond donors (Lipinski definition) is 1. The second-order valence-electron chi connectivity index (χ2n) is 5.28. The molecule has 1 aromatic carbocycles. The van der Waals surface area contributed by atoms with Crippen LogP contribution in [0.25, 0.3) is 0 Å². The first kappa shape index (κ1) is 12.6. The second-order valence-corrected chi connectivity index (χ2v) is 5.28. The number of nitrogens with one attached hydrogen (secondary N) is 1. The van der Waals surface area contributed by atoms with Crippen molar-refractivity contribution >= 4 is 0 Å². The van der Waals surface area contributed by atoms with Gasteiger partial charge in [-0.05, 0) is 49.4 Å². The van der Waals surface area contributed by atoms with E-state index in [-0.39, 0.29) is 11.2 Å². The highest BCUT2D eigenvalue weighted by molar-refractivity contribution is 5.30. The van der Waals surface area contributed by atoms with Crippen molar-refractivity contribution in [1.82, 2.24) is 5.32 Å². The van der Waals surface area contributed by atoms with Crippen LogP contribution in [0.4, 0.5) is 4.39 Å². The number of hydrogen-bond acceptors (Lipinski definition) is 1. The minimum atomic E-state index is -0.141. The van der Waals surface area contributed by atoms with Crippen molar-refractivity contribution in [2.75, 3.05) is 13.1 Å². The molecule has 1 N–H and O–H groups in total. The van der Waals surface area contributed by atoms with Gasteiger partial charge in [0.25, 0.3) is 0 Å². The summed E-state index contributed by atoms with van der Waals surface area (Å²) in [6.07, 6.45) is 3.66. The van der Waals surface area contributed by atoms with E-state index in [0.29, 0.717) is 5.92 Å². The minimum Gasteiger partial charge on any atom is -0.316 e. The summed E-state index contributed by atoms with van der Waals surface area (Å²) in [6.45, 7) is 6.57. The van der Waals surface area contributed by atoms with Crippen LogP contribution in [0, 0.1) is 11.7 Å². The van der Waals surface area contributed by atoms with Gasteiger partial charge in [0.15, 0.2) is 0 Å². The fraction of sp³-hybridized carbons (Fsp3) is 0.600. The molecule has 0 bridgehead atoms. The Kier molecular flexibility index (Phi) is 3.82. The molecule has 1 aliphatic carbocycles. The summed E-state index contributed by atoms with van der Waals surface area (Å²) in [6, 6.07) is 7.08. The smallest absolute Gasteiger partial charge is 0.123 e. The molecule has 0 saturated heterocycles. The standard InChI is InChI=1S/C15H22FN/c1-3-10-17-11-15(9-8-12(15)2)13-4-6-14(16)7-5-13/h4-7,12,17H,3,8-11H2,1-2H3. The lowest BCUT2D eigenvalue weighted by molar-refractivity contribution is 0.134. The maximum absolute atomic E-state index is 13.0. The van der Waals surface area contributed by atoms with E-state index in [2.05, 4.69) is 19.2 Å². The summed E-state index contributed by atoms with van der Waals surface area (Å²) in [5.41, 5.74) is 1.53. The molecule has 0 amide bonds. The van der Waals surface area contributed by atoms with Crippen LogP contribution in [-0.4, -0.2) is 13.1 Å². The predicted molar refractivity (Wildman–Crippen MR) is 69.6 cm³/mol. The quantitative estimate of drug-likeness (QED) is 0.770. The molecule has 1 aliphatic rings. The van der Waals surface area contributed by atoms with E-state index in [1.54, 1.807) is 12.1 Å². The summed E-state index contributed by atoms with van der Waals surface area (Å²) in [4.78, 5) is 0. The van der Waals surface area contributed by atoms with Crippen LogP contribution < -0.4 is 5.32 Å². The summed E-state index contributed by atoms with van der Waals surface area (Å²) in [7, 11) is 0. The van der Waals surface area contributed by atoms with E-state index < -0.39 is 0 Å². The van der Waals surface area contributed by atoms with Crippen LogP contribution in [0.3, 0.4) is 0 Å². The van der Waals surface area contributed by atoms with Gasteiger partial charge in [-0.3, -0.25) is 0 Å². The SMILES string of the molecule is CCCNCC1(c2ccc(F)cc2)CCC1C. The number of rotatable bonds is 5. The normalized spacial score (nSPS) is 27.8. The zero-order valence-electron chi connectivity index (χ0n) is 10.8. The van der Waals surface area contributed by atoms with Crippen LogP contribution in [-0.2, 0) is 5.41 Å². The van der Waals surface area contributed by atoms with Crippen molar-refractivity contribution in [3.8, 4) is 0 Å². The van der Waals surface area contributed by atoms with E-state index in [1.807, 2.05) is 12.1 Å². The fourth-order valence-corrected chi connectivity index (χ4v) is 2.85. The topological polar surface area (TPSA) is 12.0 Å². The van der Waals surface area contributed by atoms with Crippen LogP contribution in [0.1, 0.15) is 38.7 Å². The van der Waals surface area contributed by atoms with E-state index in [0.717, 1.165) is 19.5 Å². The van der Waals surface area contributed by atoms with Crippen LogP contribution in [0.5, 0.6) is 0 Å². The Balaban J connectivity index is 2.14. The molecule has 1 fully saturated rings. The summed E-state index contributed by atoms with van der Waals surface area (Å²) < 4.78 is 13.0. The highest BCUT2D eigenvalue weighted by atomic mass is 19.1. The lowest BCUT2D eigenvalue weighted by Crippen LogP contribution is -2.50. The molecule has 1 saturated carbocycles. The van der Waals surface area contributed by atoms with Gasteiger partial charge in [-0.1, -0.05) is 26.0 Å². The van der Waals surface area contributed by atoms with Gasteiger partial charge in [-0.15, -0.1) is 0 Å².